The van der Waals surface area contributed by atoms with Crippen molar-refractivity contribution in [1.29, 1.82) is 0 Å². The molecule has 0 heterocycles. The van der Waals surface area contributed by atoms with E-state index in [1.807, 2.05) is 49.4 Å². The molecule has 2 aromatic carbocycles. The van der Waals surface area contributed by atoms with Crippen molar-refractivity contribution in [2.24, 2.45) is 0 Å². The highest BCUT2D eigenvalue weighted by Crippen LogP contribution is 2.20. The Bertz CT molecular complexity index is 687. The van der Waals surface area contributed by atoms with Crippen LogP contribution in [-0.2, 0) is 0 Å². The average Bonchev–Trinajstić information content (AvgIpc) is 2.51. The molecule has 0 amide bonds. The number of anilines is 1. The lowest BCUT2D eigenvalue weighted by molar-refractivity contribution is 0.104. The van der Waals surface area contributed by atoms with Gasteiger partial charge in [-0.25, -0.2) is 0 Å². The first kappa shape index (κ1) is 16.5. The number of benzene rings is 2. The molecule has 0 bridgehead atoms. The molecule has 0 aromatic heterocycles. The summed E-state index contributed by atoms with van der Waals surface area (Å²) in [4.78, 5) is 12.1. The van der Waals surface area contributed by atoms with E-state index in [2.05, 4.69) is 35.1 Å². The summed E-state index contributed by atoms with van der Waals surface area (Å²) in [7, 11) is 0. The molecule has 1 N–H and O–H groups in total. The van der Waals surface area contributed by atoms with E-state index in [1.54, 1.807) is 12.3 Å². The summed E-state index contributed by atoms with van der Waals surface area (Å²) in [6.45, 7) is 6.31. The SMILES string of the molecule is Cc1cc(N/C=C/C(=O)c2ccc(C(C)C)cc2)ccc1Br. The Hall–Kier alpha value is -1.87. The Morgan fingerprint density at radius 3 is 2.41 bits per heavy atom. The molecule has 0 saturated carbocycles. The van der Waals surface area contributed by atoms with E-state index in [1.165, 1.54) is 5.56 Å². The van der Waals surface area contributed by atoms with Crippen LogP contribution in [0.4, 0.5) is 5.69 Å². The number of rotatable bonds is 5. The van der Waals surface area contributed by atoms with Gasteiger partial charge in [-0.1, -0.05) is 54.0 Å². The van der Waals surface area contributed by atoms with Gasteiger partial charge in [0.05, 0.1) is 0 Å². The first-order valence-electron chi connectivity index (χ1n) is 7.31. The number of ketones is 1. The molecule has 22 heavy (non-hydrogen) atoms. The van der Waals surface area contributed by atoms with Crippen molar-refractivity contribution in [3.05, 3.63) is 75.9 Å². The fraction of sp³-hybridized carbons (Fsp3) is 0.211. The van der Waals surface area contributed by atoms with Crippen molar-refractivity contribution in [2.75, 3.05) is 5.32 Å². The predicted molar refractivity (Wildman–Crippen MR) is 96.5 cm³/mol. The maximum absolute atomic E-state index is 12.1. The van der Waals surface area contributed by atoms with Gasteiger partial charge in [-0.2, -0.15) is 0 Å². The molecule has 0 unspecified atom stereocenters. The van der Waals surface area contributed by atoms with Crippen molar-refractivity contribution in [1.82, 2.24) is 0 Å². The van der Waals surface area contributed by atoms with Gasteiger partial charge >= 0.3 is 0 Å². The molecule has 0 aliphatic heterocycles. The maximum Gasteiger partial charge on any atom is 0.187 e. The molecule has 0 fully saturated rings. The lowest BCUT2D eigenvalue weighted by Gasteiger charge is -2.05. The Morgan fingerprint density at radius 2 is 1.82 bits per heavy atom. The molecule has 2 nitrogen and oxygen atoms in total. The number of nitrogens with one attached hydrogen (secondary N) is 1. The maximum atomic E-state index is 12.1. The smallest absolute Gasteiger partial charge is 0.187 e. The first-order chi connectivity index (χ1) is 10.5. The van der Waals surface area contributed by atoms with E-state index in [-0.39, 0.29) is 5.78 Å². The van der Waals surface area contributed by atoms with Crippen molar-refractivity contribution in [3.63, 3.8) is 0 Å². The van der Waals surface area contributed by atoms with Crippen LogP contribution < -0.4 is 5.32 Å². The number of hydrogen-bond acceptors (Lipinski definition) is 2. The molecule has 0 atom stereocenters. The number of carbonyl (C=O) groups excluding carboxylic acids is 1. The van der Waals surface area contributed by atoms with Gasteiger partial charge in [-0.15, -0.1) is 0 Å². The van der Waals surface area contributed by atoms with Crippen LogP contribution in [0.1, 0.15) is 41.3 Å². The van der Waals surface area contributed by atoms with Gasteiger partial charge in [0.15, 0.2) is 5.78 Å². The third kappa shape index (κ3) is 4.31. The molecule has 0 radical (unpaired) electrons. The van der Waals surface area contributed by atoms with Gasteiger partial charge in [-0.3, -0.25) is 4.79 Å². The highest BCUT2D eigenvalue weighted by atomic mass is 79.9. The van der Waals surface area contributed by atoms with Gasteiger partial charge in [0, 0.05) is 28.0 Å². The van der Waals surface area contributed by atoms with Crippen LogP contribution in [0.2, 0.25) is 0 Å². The predicted octanol–water partition coefficient (Wildman–Crippen LogP) is 5.69. The first-order valence-corrected chi connectivity index (χ1v) is 8.10. The summed E-state index contributed by atoms with van der Waals surface area (Å²) in [6.07, 6.45) is 3.24. The number of carbonyl (C=O) groups is 1. The average molecular weight is 358 g/mol. The zero-order valence-electron chi connectivity index (χ0n) is 13.1. The van der Waals surface area contributed by atoms with E-state index >= 15 is 0 Å². The third-order valence-electron chi connectivity index (χ3n) is 3.50. The second-order valence-corrected chi connectivity index (χ2v) is 6.44. The van der Waals surface area contributed by atoms with Crippen LogP contribution in [0.25, 0.3) is 0 Å². The molecular formula is C19H20BrNO. The minimum atomic E-state index is -0.00311. The highest BCUT2D eigenvalue weighted by molar-refractivity contribution is 9.10. The Balaban J connectivity index is 2.00. The Labute approximate surface area is 140 Å². The van der Waals surface area contributed by atoms with E-state index in [4.69, 9.17) is 0 Å². The largest absolute Gasteiger partial charge is 0.362 e. The molecule has 114 valence electrons. The number of aryl methyl sites for hydroxylation is 1. The monoisotopic (exact) mass is 357 g/mol. The fourth-order valence-corrected chi connectivity index (χ4v) is 2.32. The van der Waals surface area contributed by atoms with E-state index in [0.29, 0.717) is 11.5 Å². The molecule has 2 aromatic rings. The van der Waals surface area contributed by atoms with Crippen molar-refractivity contribution < 1.29 is 4.79 Å². The number of halogens is 1. The molecule has 0 aliphatic rings. The minimum absolute atomic E-state index is 0.00311. The Kier molecular flexibility index (Phi) is 5.56. The van der Waals surface area contributed by atoms with Crippen LogP contribution in [-0.4, -0.2) is 5.78 Å². The summed E-state index contributed by atoms with van der Waals surface area (Å²) in [5.74, 6) is 0.471. The van der Waals surface area contributed by atoms with Gasteiger partial charge in [0.25, 0.3) is 0 Å². The van der Waals surface area contributed by atoms with Crippen molar-refractivity contribution in [2.45, 2.75) is 26.7 Å². The van der Waals surface area contributed by atoms with E-state index in [0.717, 1.165) is 15.7 Å². The van der Waals surface area contributed by atoms with Crippen LogP contribution in [0.15, 0.2) is 59.2 Å². The van der Waals surface area contributed by atoms with Gasteiger partial charge in [0.1, 0.15) is 0 Å². The lowest BCUT2D eigenvalue weighted by atomic mass is 10.0. The second kappa shape index (κ2) is 7.41. The van der Waals surface area contributed by atoms with Gasteiger partial charge in [0.2, 0.25) is 0 Å². The van der Waals surface area contributed by atoms with Gasteiger partial charge < -0.3 is 5.32 Å². The van der Waals surface area contributed by atoms with Crippen LogP contribution in [0, 0.1) is 6.92 Å². The molecule has 0 aliphatic carbocycles. The highest BCUT2D eigenvalue weighted by Gasteiger charge is 2.03. The lowest BCUT2D eigenvalue weighted by Crippen LogP contribution is -1.97. The van der Waals surface area contributed by atoms with Crippen molar-refractivity contribution in [3.8, 4) is 0 Å². The zero-order chi connectivity index (χ0) is 16.1. The molecule has 0 saturated heterocycles. The number of hydrogen-bond donors (Lipinski definition) is 1. The van der Waals surface area contributed by atoms with Crippen LogP contribution in [0.3, 0.4) is 0 Å². The Morgan fingerprint density at radius 1 is 1.14 bits per heavy atom. The summed E-state index contributed by atoms with van der Waals surface area (Å²) >= 11 is 3.47. The standard InChI is InChI=1S/C19H20BrNO/c1-13(2)15-4-6-16(7-5-15)19(22)10-11-21-17-8-9-18(20)14(3)12-17/h4-13,21H,1-3H3/b11-10+. The van der Waals surface area contributed by atoms with Crippen LogP contribution >= 0.6 is 15.9 Å². The summed E-state index contributed by atoms with van der Waals surface area (Å²) in [5.41, 5.74) is 4.05. The fourth-order valence-electron chi connectivity index (χ4n) is 2.08. The summed E-state index contributed by atoms with van der Waals surface area (Å²) in [6, 6.07) is 13.8. The summed E-state index contributed by atoms with van der Waals surface area (Å²) < 4.78 is 1.07. The second-order valence-electron chi connectivity index (χ2n) is 5.58. The number of allylic oxidation sites excluding steroid dienone is 1. The molecular weight excluding hydrogens is 338 g/mol. The molecule has 3 heteroatoms. The quantitative estimate of drug-likeness (QED) is 0.550. The zero-order valence-corrected chi connectivity index (χ0v) is 14.6. The van der Waals surface area contributed by atoms with Crippen molar-refractivity contribution >= 4 is 27.4 Å². The topological polar surface area (TPSA) is 29.1 Å². The van der Waals surface area contributed by atoms with Crippen LogP contribution in [0.5, 0.6) is 0 Å². The normalized spacial score (nSPS) is 11.1. The molecule has 2 rings (SSSR count). The molecule has 0 spiro atoms. The third-order valence-corrected chi connectivity index (χ3v) is 4.39. The van der Waals surface area contributed by atoms with E-state index in [9.17, 15) is 4.79 Å². The minimum Gasteiger partial charge on any atom is -0.362 e. The summed E-state index contributed by atoms with van der Waals surface area (Å²) in [5, 5.41) is 3.12. The van der Waals surface area contributed by atoms with Gasteiger partial charge in [-0.05, 0) is 42.2 Å². The van der Waals surface area contributed by atoms with E-state index < -0.39 is 0 Å².